The first-order valence-corrected chi connectivity index (χ1v) is 24.2. The minimum atomic E-state index is -1.81. The number of H-pyrrole nitrogens is 1. The van der Waals surface area contributed by atoms with Crippen molar-refractivity contribution in [2.75, 3.05) is 65.4 Å². The van der Waals surface area contributed by atoms with Gasteiger partial charge in [-0.3, -0.25) is 19.4 Å². The molecule has 10 rings (SSSR count). The lowest BCUT2D eigenvalue weighted by molar-refractivity contribution is -0.217. The Kier molecular flexibility index (Phi) is 11.2. The summed E-state index contributed by atoms with van der Waals surface area (Å²) in [6.07, 6.45) is 13.0. The minimum Gasteiger partial charge on any atom is -0.496 e. The number of nitrogens with zero attached hydrogens (tertiary/aromatic N) is 3. The number of hydrogen-bond donors (Lipinski definition) is 3. The van der Waals surface area contributed by atoms with Gasteiger partial charge in [-0.2, -0.15) is 0 Å². The van der Waals surface area contributed by atoms with Crippen LogP contribution in [0, 0.1) is 11.3 Å². The second-order valence-corrected chi connectivity index (χ2v) is 20.2. The Morgan fingerprint density at radius 1 is 1.00 bits per heavy atom. The quantitative estimate of drug-likeness (QED) is 0.120. The van der Waals surface area contributed by atoms with Crippen LogP contribution in [0.15, 0.2) is 60.2 Å². The molecular weight excluding hydrogens is 823 g/mol. The number of para-hydroxylation sites is 1. The van der Waals surface area contributed by atoms with Gasteiger partial charge in [-0.05, 0) is 93.5 Å². The lowest BCUT2D eigenvalue weighted by Crippen LogP contribution is -2.81. The van der Waals surface area contributed by atoms with E-state index in [1.165, 1.54) is 19.6 Å². The van der Waals surface area contributed by atoms with Crippen molar-refractivity contribution in [2.24, 2.45) is 11.3 Å². The third-order valence-corrected chi connectivity index (χ3v) is 17.0. The summed E-state index contributed by atoms with van der Waals surface area (Å²) in [6.45, 7) is 9.51. The first-order chi connectivity index (χ1) is 31.4. The lowest BCUT2D eigenvalue weighted by atomic mass is 9.47. The molecule has 2 saturated carbocycles. The van der Waals surface area contributed by atoms with E-state index in [0.717, 1.165) is 110 Å². The molecular formula is C52H67N5O8. The van der Waals surface area contributed by atoms with Gasteiger partial charge in [-0.25, -0.2) is 4.79 Å². The van der Waals surface area contributed by atoms with E-state index in [1.54, 1.807) is 7.11 Å². The molecule has 1 spiro atoms. The molecule has 13 heteroatoms. The van der Waals surface area contributed by atoms with E-state index in [-0.39, 0.29) is 30.6 Å². The molecule has 1 amide bonds. The Morgan fingerprint density at radius 3 is 2.54 bits per heavy atom. The van der Waals surface area contributed by atoms with Gasteiger partial charge >= 0.3 is 18.0 Å². The molecule has 3 fully saturated rings. The molecule has 3 aromatic rings. The van der Waals surface area contributed by atoms with Crippen LogP contribution in [0.4, 0.5) is 10.5 Å². The Labute approximate surface area is 382 Å². The fourth-order valence-electron chi connectivity index (χ4n) is 14.6. The first-order valence-electron chi connectivity index (χ1n) is 24.2. The van der Waals surface area contributed by atoms with E-state index in [4.69, 9.17) is 18.9 Å². The van der Waals surface area contributed by atoms with Crippen LogP contribution < -0.4 is 15.0 Å². The summed E-state index contributed by atoms with van der Waals surface area (Å²) in [4.78, 5) is 53.5. The molecule has 2 aromatic carbocycles. The highest BCUT2D eigenvalue weighted by atomic mass is 16.6. The maximum atomic E-state index is 15.5. The van der Waals surface area contributed by atoms with Gasteiger partial charge in [-0.1, -0.05) is 62.3 Å². The van der Waals surface area contributed by atoms with Crippen LogP contribution in [-0.4, -0.2) is 128 Å². The number of benzene rings is 2. The number of nitrogens with one attached hydrogen (secondary N) is 2. The van der Waals surface area contributed by atoms with Crippen molar-refractivity contribution < 1.29 is 38.4 Å². The maximum Gasteiger partial charge on any atom is 0.407 e. The van der Waals surface area contributed by atoms with Gasteiger partial charge in [0.1, 0.15) is 29.0 Å². The van der Waals surface area contributed by atoms with Crippen molar-refractivity contribution in [2.45, 2.75) is 126 Å². The Morgan fingerprint density at radius 2 is 1.80 bits per heavy atom. The zero-order valence-corrected chi connectivity index (χ0v) is 39.0. The second kappa shape index (κ2) is 16.5. The van der Waals surface area contributed by atoms with Crippen LogP contribution >= 0.6 is 0 Å². The number of methoxy groups -OCH3 is 2. The van der Waals surface area contributed by atoms with Crippen molar-refractivity contribution >= 4 is 34.6 Å². The smallest absolute Gasteiger partial charge is 0.407 e. The number of likely N-dealkylation sites (N-methyl/N-ethyl adjacent to an activating group) is 1. The van der Waals surface area contributed by atoms with Crippen molar-refractivity contribution in [3.63, 3.8) is 0 Å². The van der Waals surface area contributed by atoms with E-state index < -0.39 is 46.1 Å². The average molecular weight is 890 g/mol. The third-order valence-electron chi connectivity index (χ3n) is 17.0. The second-order valence-electron chi connectivity index (χ2n) is 20.2. The number of ether oxygens (including phenoxy) is 4. The van der Waals surface area contributed by atoms with Crippen molar-refractivity contribution in [1.82, 2.24) is 20.1 Å². The fourth-order valence-corrected chi connectivity index (χ4v) is 14.6. The first kappa shape index (κ1) is 44.0. The van der Waals surface area contributed by atoms with E-state index in [2.05, 4.69) is 87.4 Å². The van der Waals surface area contributed by atoms with Crippen molar-refractivity contribution in [3.05, 3.63) is 82.6 Å². The van der Waals surface area contributed by atoms with Gasteiger partial charge < -0.3 is 39.3 Å². The number of anilines is 1. The Balaban J connectivity index is 1.21. The molecule has 1 saturated heterocycles. The number of alkyl carbamates (subject to hydrolysis) is 1. The summed E-state index contributed by atoms with van der Waals surface area (Å²) in [6, 6.07) is 11.7. The number of amides is 1. The summed E-state index contributed by atoms with van der Waals surface area (Å²) in [5, 5.41) is 18.0. The lowest BCUT2D eigenvalue weighted by Gasteiger charge is -2.64. The zero-order chi connectivity index (χ0) is 45.5. The molecule has 9 atom stereocenters. The summed E-state index contributed by atoms with van der Waals surface area (Å²) in [5.74, 6) is -0.285. The van der Waals surface area contributed by atoms with E-state index in [0.29, 0.717) is 31.6 Å². The standard InChI is InChI=1S/C52H67N5O8/c1-7-33-25-34-28-51(47(59)63-6,43-37(19-23-56(29-33)30-34)36-17-12-13-18-40(36)54-43)39-26-38-41(27-42(39)62-5)55(4)45-50(38)21-24-57-22-14-20-49(8-2,44(50)57)46(64-32(3)58)52(45,61)31-53-48(60)65-35-15-10-9-11-16-35/h12-14,17-18,20,25-27,34-35,44-46,54,61H,7-11,15-16,19,21-24,28-31H2,1-6H3,(H,53,60)/t34-,44-,45+,46+,49+,50+,51-,52-/m0/s1. The van der Waals surface area contributed by atoms with Gasteiger partial charge in [0.25, 0.3) is 0 Å². The number of hydrogen-bond acceptors (Lipinski definition) is 11. The number of aromatic amines is 1. The number of aromatic nitrogens is 1. The minimum absolute atomic E-state index is 0.0311. The third kappa shape index (κ3) is 6.52. The summed E-state index contributed by atoms with van der Waals surface area (Å²) >= 11 is 0. The monoisotopic (exact) mass is 889 g/mol. The van der Waals surface area contributed by atoms with Gasteiger partial charge in [0, 0.05) is 90.9 Å². The van der Waals surface area contributed by atoms with Crippen LogP contribution in [0.3, 0.4) is 0 Å². The molecule has 1 aromatic heterocycles. The molecule has 2 aliphatic carbocycles. The molecule has 65 heavy (non-hydrogen) atoms. The largest absolute Gasteiger partial charge is 0.496 e. The predicted molar refractivity (Wildman–Crippen MR) is 248 cm³/mol. The van der Waals surface area contributed by atoms with Crippen LogP contribution in [0.25, 0.3) is 10.9 Å². The molecule has 5 aliphatic heterocycles. The molecule has 7 aliphatic rings. The van der Waals surface area contributed by atoms with Crippen LogP contribution in [0.1, 0.15) is 101 Å². The van der Waals surface area contributed by atoms with E-state index >= 15 is 4.79 Å². The van der Waals surface area contributed by atoms with Crippen LogP contribution in [-0.2, 0) is 41.1 Å². The van der Waals surface area contributed by atoms with Crippen LogP contribution in [0.5, 0.6) is 5.75 Å². The average Bonchev–Trinajstić information content (AvgIpc) is 3.98. The Hall–Kier alpha value is -4.85. The maximum absolute atomic E-state index is 15.5. The van der Waals surface area contributed by atoms with E-state index in [9.17, 15) is 14.7 Å². The van der Waals surface area contributed by atoms with Gasteiger partial charge in [-0.15, -0.1) is 0 Å². The molecule has 3 N–H and O–H groups in total. The summed E-state index contributed by atoms with van der Waals surface area (Å²) < 4.78 is 24.9. The highest BCUT2D eigenvalue weighted by Gasteiger charge is 2.78. The highest BCUT2D eigenvalue weighted by molar-refractivity contribution is 5.94. The van der Waals surface area contributed by atoms with Crippen molar-refractivity contribution in [3.8, 4) is 5.75 Å². The number of esters is 2. The predicted octanol–water partition coefficient (Wildman–Crippen LogP) is 6.68. The molecule has 0 radical (unpaired) electrons. The number of fused-ring (bicyclic) bond motifs is 6. The van der Waals surface area contributed by atoms with Crippen molar-refractivity contribution in [1.29, 1.82) is 0 Å². The van der Waals surface area contributed by atoms with Gasteiger partial charge in [0.15, 0.2) is 0 Å². The number of rotatable bonds is 9. The van der Waals surface area contributed by atoms with Crippen LogP contribution in [0.2, 0.25) is 0 Å². The SMILES string of the molecule is CCC1=C[C@@H]2CN(CCc3c([nH]c4ccccc34)[C@@](C(=O)OC)(c3cc4c(cc3OC)N(C)[C@H]3[C@@](O)(CNC(=O)OC5CCCCC5)[C@H](OC(C)=O)[C@]5(CC)C=CCN6CC[C@]43[C@@H]65)C2)C1. The number of aliphatic hydroxyl groups is 1. The summed E-state index contributed by atoms with van der Waals surface area (Å²) in [7, 11) is 5.14. The summed E-state index contributed by atoms with van der Waals surface area (Å²) in [5.41, 5.74) is 2.10. The number of carbonyl (C=O) groups is 3. The normalized spacial score (nSPS) is 33.9. The molecule has 2 bridgehead atoms. The van der Waals surface area contributed by atoms with Gasteiger partial charge in [0.05, 0.1) is 26.8 Å². The molecule has 13 nitrogen and oxygen atoms in total. The Bertz CT molecular complexity index is 2440. The van der Waals surface area contributed by atoms with Gasteiger partial charge in [0.2, 0.25) is 0 Å². The zero-order valence-electron chi connectivity index (χ0n) is 39.0. The molecule has 348 valence electrons. The topological polar surface area (TPSA) is 146 Å². The number of carbonyl (C=O) groups excluding carboxylic acids is 3. The highest BCUT2D eigenvalue weighted by Crippen LogP contribution is 2.68. The molecule has 1 unspecified atom stereocenters. The van der Waals surface area contributed by atoms with E-state index in [1.807, 2.05) is 13.1 Å². The molecule has 6 heterocycles. The fraction of sp³-hybridized carbons (Fsp3) is 0.596.